The quantitative estimate of drug-likeness (QED) is 0.938. The number of benzene rings is 2. The molecule has 1 amide bonds. The van der Waals surface area contributed by atoms with Crippen molar-refractivity contribution in [1.82, 2.24) is 4.72 Å². The summed E-state index contributed by atoms with van der Waals surface area (Å²) in [5.41, 5.74) is 0.758. The van der Waals surface area contributed by atoms with E-state index in [1.165, 1.54) is 0 Å². The van der Waals surface area contributed by atoms with E-state index >= 15 is 0 Å². The number of carbonyl (C=O) groups excluding carboxylic acids is 1. The van der Waals surface area contributed by atoms with Crippen LogP contribution < -0.4 is 9.46 Å². The topological polar surface area (TPSA) is 72.5 Å². The molecule has 0 saturated heterocycles. The van der Waals surface area contributed by atoms with Crippen molar-refractivity contribution in [3.8, 4) is 5.75 Å². The normalized spacial score (nSPS) is 12.9. The number of fused-ring (bicyclic) bond motifs is 1. The molecular formula is C15H17NO4S. The van der Waals surface area contributed by atoms with Crippen molar-refractivity contribution in [1.29, 1.82) is 0 Å². The van der Waals surface area contributed by atoms with Gasteiger partial charge in [0.1, 0.15) is 5.75 Å². The molecule has 6 heteroatoms. The predicted molar refractivity (Wildman–Crippen MR) is 81.9 cm³/mol. The minimum Gasteiger partial charge on any atom is -0.497 e. The number of carbonyl (C=O) groups is 1. The maximum absolute atomic E-state index is 11.9. The Morgan fingerprint density at radius 1 is 1.14 bits per heavy atom. The van der Waals surface area contributed by atoms with Crippen LogP contribution >= 0.6 is 0 Å². The summed E-state index contributed by atoms with van der Waals surface area (Å²) < 4.78 is 29.4. The summed E-state index contributed by atoms with van der Waals surface area (Å²) in [6.45, 7) is 1.67. The highest BCUT2D eigenvalue weighted by Gasteiger charge is 2.18. The molecule has 2 aromatic rings. The SMILES string of the molecule is COc1ccc2cc(C(C)C(=O)NS(C)(=O)=O)ccc2c1. The van der Waals surface area contributed by atoms with Crippen LogP contribution in [0, 0.1) is 0 Å². The molecule has 0 heterocycles. The summed E-state index contributed by atoms with van der Waals surface area (Å²) in [7, 11) is -1.94. The van der Waals surface area contributed by atoms with E-state index in [1.54, 1.807) is 14.0 Å². The van der Waals surface area contributed by atoms with E-state index < -0.39 is 21.8 Å². The summed E-state index contributed by atoms with van der Waals surface area (Å²) in [6.07, 6.45) is 0.963. The van der Waals surface area contributed by atoms with Gasteiger partial charge in [0.05, 0.1) is 19.3 Å². The lowest BCUT2D eigenvalue weighted by Crippen LogP contribution is -2.32. The summed E-state index contributed by atoms with van der Waals surface area (Å²) in [6, 6.07) is 11.2. The molecule has 0 aliphatic carbocycles. The Kier molecular flexibility index (Phi) is 4.18. The minimum atomic E-state index is -3.54. The van der Waals surface area contributed by atoms with E-state index in [1.807, 2.05) is 41.1 Å². The van der Waals surface area contributed by atoms with E-state index in [-0.39, 0.29) is 0 Å². The third-order valence-electron chi connectivity index (χ3n) is 3.25. The predicted octanol–water partition coefficient (Wildman–Crippen LogP) is 2.03. The Balaban J connectivity index is 2.32. The van der Waals surface area contributed by atoms with Crippen molar-refractivity contribution in [2.24, 2.45) is 0 Å². The van der Waals surface area contributed by atoms with Gasteiger partial charge in [-0.1, -0.05) is 24.3 Å². The number of nitrogens with one attached hydrogen (secondary N) is 1. The lowest BCUT2D eigenvalue weighted by molar-refractivity contribution is -0.120. The lowest BCUT2D eigenvalue weighted by atomic mass is 9.97. The Labute approximate surface area is 124 Å². The van der Waals surface area contributed by atoms with Gasteiger partial charge in [-0.2, -0.15) is 0 Å². The van der Waals surface area contributed by atoms with Gasteiger partial charge in [0.2, 0.25) is 15.9 Å². The van der Waals surface area contributed by atoms with E-state index in [2.05, 4.69) is 0 Å². The van der Waals surface area contributed by atoms with Crippen LogP contribution in [0.5, 0.6) is 5.75 Å². The van der Waals surface area contributed by atoms with Gasteiger partial charge in [-0.25, -0.2) is 8.42 Å². The number of ether oxygens (including phenoxy) is 1. The molecule has 1 N–H and O–H groups in total. The first-order valence-corrected chi connectivity index (χ1v) is 8.28. The Morgan fingerprint density at radius 3 is 2.38 bits per heavy atom. The third kappa shape index (κ3) is 3.72. The number of hydrogen-bond acceptors (Lipinski definition) is 4. The van der Waals surface area contributed by atoms with Crippen LogP contribution in [0.3, 0.4) is 0 Å². The monoisotopic (exact) mass is 307 g/mol. The molecule has 1 unspecified atom stereocenters. The second-order valence-electron chi connectivity index (χ2n) is 4.93. The molecule has 0 fully saturated rings. The highest BCUT2D eigenvalue weighted by atomic mass is 32.2. The van der Waals surface area contributed by atoms with Crippen molar-refractivity contribution in [3.63, 3.8) is 0 Å². The van der Waals surface area contributed by atoms with Crippen LogP contribution in [-0.2, 0) is 14.8 Å². The number of hydrogen-bond donors (Lipinski definition) is 1. The van der Waals surface area contributed by atoms with Gasteiger partial charge < -0.3 is 4.74 Å². The maximum Gasteiger partial charge on any atom is 0.240 e. The summed E-state index contributed by atoms with van der Waals surface area (Å²) >= 11 is 0. The number of sulfonamides is 1. The smallest absolute Gasteiger partial charge is 0.240 e. The number of amides is 1. The first-order chi connectivity index (χ1) is 9.80. The number of methoxy groups -OCH3 is 1. The summed E-state index contributed by atoms with van der Waals surface area (Å²) in [5, 5.41) is 1.96. The van der Waals surface area contributed by atoms with Gasteiger partial charge in [-0.05, 0) is 35.4 Å². The van der Waals surface area contributed by atoms with E-state index in [4.69, 9.17) is 4.74 Å². The molecule has 21 heavy (non-hydrogen) atoms. The Hall–Kier alpha value is -2.08. The van der Waals surface area contributed by atoms with Crippen molar-refractivity contribution in [2.75, 3.05) is 13.4 Å². The van der Waals surface area contributed by atoms with Gasteiger partial charge in [-0.15, -0.1) is 0 Å². The standard InChI is InChI=1S/C15H17NO4S/c1-10(15(17)16-21(3,18)19)11-4-5-13-9-14(20-2)7-6-12(13)8-11/h4-10H,1-3H3,(H,16,17). The van der Waals surface area contributed by atoms with Crippen molar-refractivity contribution >= 4 is 26.7 Å². The molecule has 1 atom stereocenters. The van der Waals surface area contributed by atoms with Crippen molar-refractivity contribution in [2.45, 2.75) is 12.8 Å². The van der Waals surface area contributed by atoms with Crippen LogP contribution in [0.25, 0.3) is 10.8 Å². The summed E-state index contributed by atoms with van der Waals surface area (Å²) in [4.78, 5) is 11.9. The average Bonchev–Trinajstić information content (AvgIpc) is 2.43. The molecule has 5 nitrogen and oxygen atoms in total. The van der Waals surface area contributed by atoms with Gasteiger partial charge >= 0.3 is 0 Å². The van der Waals surface area contributed by atoms with Crippen LogP contribution in [0.4, 0.5) is 0 Å². The molecule has 0 saturated carbocycles. The molecule has 0 bridgehead atoms. The second kappa shape index (κ2) is 5.73. The maximum atomic E-state index is 11.9. The molecule has 0 radical (unpaired) electrons. The van der Waals surface area contributed by atoms with Crippen molar-refractivity contribution in [3.05, 3.63) is 42.0 Å². The van der Waals surface area contributed by atoms with E-state index in [0.717, 1.165) is 28.3 Å². The van der Waals surface area contributed by atoms with Crippen LogP contribution in [0.2, 0.25) is 0 Å². The molecule has 2 aromatic carbocycles. The highest BCUT2D eigenvalue weighted by Crippen LogP contribution is 2.25. The van der Waals surface area contributed by atoms with Crippen LogP contribution in [0.1, 0.15) is 18.4 Å². The highest BCUT2D eigenvalue weighted by molar-refractivity contribution is 7.89. The fourth-order valence-electron chi connectivity index (χ4n) is 2.06. The zero-order valence-electron chi connectivity index (χ0n) is 12.1. The lowest BCUT2D eigenvalue weighted by Gasteiger charge is -2.12. The molecule has 2 rings (SSSR count). The molecule has 0 spiro atoms. The molecule has 0 aromatic heterocycles. The molecule has 0 aliphatic heterocycles. The van der Waals surface area contributed by atoms with Gasteiger partial charge in [0, 0.05) is 0 Å². The van der Waals surface area contributed by atoms with Crippen LogP contribution in [-0.4, -0.2) is 27.7 Å². The fraction of sp³-hybridized carbons (Fsp3) is 0.267. The summed E-state index contributed by atoms with van der Waals surface area (Å²) in [5.74, 6) is -0.324. The molecule has 0 aliphatic rings. The zero-order chi connectivity index (χ0) is 15.6. The minimum absolute atomic E-state index is 0.537. The number of rotatable bonds is 4. The molecule has 112 valence electrons. The fourth-order valence-corrected chi connectivity index (χ4v) is 2.60. The average molecular weight is 307 g/mol. The van der Waals surface area contributed by atoms with Crippen molar-refractivity contribution < 1.29 is 17.9 Å². The van der Waals surface area contributed by atoms with E-state index in [0.29, 0.717) is 0 Å². The van der Waals surface area contributed by atoms with Gasteiger partial charge in [-0.3, -0.25) is 9.52 Å². The Bertz CT molecular complexity index is 783. The first kappa shape index (κ1) is 15.3. The van der Waals surface area contributed by atoms with Gasteiger partial charge in [0.25, 0.3) is 0 Å². The van der Waals surface area contributed by atoms with Crippen LogP contribution in [0.15, 0.2) is 36.4 Å². The Morgan fingerprint density at radius 2 is 1.76 bits per heavy atom. The third-order valence-corrected chi connectivity index (χ3v) is 3.82. The largest absolute Gasteiger partial charge is 0.497 e. The zero-order valence-corrected chi connectivity index (χ0v) is 12.9. The van der Waals surface area contributed by atoms with Gasteiger partial charge in [0.15, 0.2) is 0 Å². The van der Waals surface area contributed by atoms with E-state index in [9.17, 15) is 13.2 Å². The molecular weight excluding hydrogens is 290 g/mol. The first-order valence-electron chi connectivity index (χ1n) is 6.39. The second-order valence-corrected chi connectivity index (χ2v) is 6.68.